The van der Waals surface area contributed by atoms with Crippen molar-refractivity contribution in [3.05, 3.63) is 65.6 Å². The van der Waals surface area contributed by atoms with Crippen molar-refractivity contribution in [3.8, 4) is 11.5 Å². The predicted octanol–water partition coefficient (Wildman–Crippen LogP) is 4.20. The molecule has 1 aliphatic carbocycles. The van der Waals surface area contributed by atoms with Crippen LogP contribution in [0, 0.1) is 5.92 Å². The molecule has 1 unspecified atom stereocenters. The van der Waals surface area contributed by atoms with E-state index in [0.29, 0.717) is 5.92 Å². The Morgan fingerprint density at radius 1 is 0.800 bits per heavy atom. The monoisotopic (exact) mass is 267 g/mol. The quantitative estimate of drug-likeness (QED) is 0.826. The number of methoxy groups -OCH3 is 2. The number of hydrogen-bond donors (Lipinski definition) is 0. The van der Waals surface area contributed by atoms with Gasteiger partial charge >= 0.3 is 0 Å². The van der Waals surface area contributed by atoms with Crippen LogP contribution in [0.2, 0.25) is 0 Å². The molecule has 1 aliphatic rings. The number of rotatable bonds is 4. The first-order chi connectivity index (χ1) is 9.81. The SMILES string of the molecule is COc1ccc([C]2CCC2c2ccc(OC)cc2)cc1. The lowest BCUT2D eigenvalue weighted by molar-refractivity contribution is 0.413. The molecule has 2 aromatic rings. The van der Waals surface area contributed by atoms with Gasteiger partial charge in [-0.1, -0.05) is 24.3 Å². The molecule has 0 saturated heterocycles. The summed E-state index contributed by atoms with van der Waals surface area (Å²) in [6, 6.07) is 16.8. The van der Waals surface area contributed by atoms with Gasteiger partial charge in [-0.25, -0.2) is 0 Å². The van der Waals surface area contributed by atoms with Crippen molar-refractivity contribution in [2.45, 2.75) is 18.8 Å². The van der Waals surface area contributed by atoms with E-state index in [0.717, 1.165) is 11.5 Å². The molecule has 1 saturated carbocycles. The smallest absolute Gasteiger partial charge is 0.118 e. The summed E-state index contributed by atoms with van der Waals surface area (Å²) in [6.07, 6.45) is 2.41. The van der Waals surface area contributed by atoms with Crippen LogP contribution in [0.3, 0.4) is 0 Å². The van der Waals surface area contributed by atoms with E-state index in [1.165, 1.54) is 29.9 Å². The molecular formula is C18H19O2. The molecule has 1 atom stereocenters. The standard InChI is InChI=1S/C18H19O2/c1-19-15-7-3-13(4-8-15)17-11-12-18(17)14-5-9-16(20-2)10-6-14/h3-10,17H,11-12H2,1-2H3. The first-order valence-corrected chi connectivity index (χ1v) is 6.96. The van der Waals surface area contributed by atoms with Crippen LogP contribution in [0.15, 0.2) is 48.5 Å². The van der Waals surface area contributed by atoms with E-state index in [-0.39, 0.29) is 0 Å². The highest BCUT2D eigenvalue weighted by Gasteiger charge is 2.33. The largest absolute Gasteiger partial charge is 0.497 e. The Labute approximate surface area is 120 Å². The van der Waals surface area contributed by atoms with Gasteiger partial charge in [-0.15, -0.1) is 0 Å². The second-order valence-electron chi connectivity index (χ2n) is 5.12. The van der Waals surface area contributed by atoms with Gasteiger partial charge in [0, 0.05) is 5.92 Å². The number of benzene rings is 2. The van der Waals surface area contributed by atoms with Crippen molar-refractivity contribution >= 4 is 0 Å². The maximum absolute atomic E-state index is 5.22. The molecule has 0 spiro atoms. The second kappa shape index (κ2) is 5.58. The molecule has 0 bridgehead atoms. The van der Waals surface area contributed by atoms with E-state index in [4.69, 9.17) is 9.47 Å². The summed E-state index contributed by atoms with van der Waals surface area (Å²) in [5.41, 5.74) is 2.71. The minimum Gasteiger partial charge on any atom is -0.497 e. The maximum atomic E-state index is 5.22. The lowest BCUT2D eigenvalue weighted by Gasteiger charge is -2.37. The lowest BCUT2D eigenvalue weighted by atomic mass is 9.67. The summed E-state index contributed by atoms with van der Waals surface area (Å²) in [7, 11) is 3.40. The molecule has 0 amide bonds. The van der Waals surface area contributed by atoms with Gasteiger partial charge in [0.05, 0.1) is 14.2 Å². The van der Waals surface area contributed by atoms with Gasteiger partial charge < -0.3 is 9.47 Å². The number of ether oxygens (including phenoxy) is 2. The van der Waals surface area contributed by atoms with Crippen LogP contribution < -0.4 is 9.47 Å². The van der Waals surface area contributed by atoms with Crippen LogP contribution in [-0.2, 0) is 0 Å². The summed E-state index contributed by atoms with van der Waals surface area (Å²) in [6.45, 7) is 0. The molecular weight excluding hydrogens is 248 g/mol. The Kier molecular flexibility index (Phi) is 3.64. The van der Waals surface area contributed by atoms with Gasteiger partial charge in [0.15, 0.2) is 0 Å². The third-order valence-corrected chi connectivity index (χ3v) is 4.10. The summed E-state index contributed by atoms with van der Waals surface area (Å²) in [5, 5.41) is 0. The normalized spacial score (nSPS) is 18.4. The minimum absolute atomic E-state index is 0.550. The predicted molar refractivity (Wildman–Crippen MR) is 80.3 cm³/mol. The first kappa shape index (κ1) is 13.0. The molecule has 1 radical (unpaired) electrons. The van der Waals surface area contributed by atoms with E-state index >= 15 is 0 Å². The molecule has 2 nitrogen and oxygen atoms in total. The average Bonchev–Trinajstić information content (AvgIpc) is 2.48. The zero-order chi connectivity index (χ0) is 13.9. The molecule has 0 aliphatic heterocycles. The van der Waals surface area contributed by atoms with Gasteiger partial charge in [-0.05, 0) is 54.2 Å². The Balaban J connectivity index is 1.77. The van der Waals surface area contributed by atoms with Crippen LogP contribution in [-0.4, -0.2) is 14.2 Å². The van der Waals surface area contributed by atoms with E-state index in [1.54, 1.807) is 14.2 Å². The van der Waals surface area contributed by atoms with Gasteiger partial charge in [0.2, 0.25) is 0 Å². The Bertz CT molecular complexity index is 503. The molecule has 0 aromatic heterocycles. The van der Waals surface area contributed by atoms with Crippen LogP contribution in [0.1, 0.15) is 29.9 Å². The fourth-order valence-corrected chi connectivity index (χ4v) is 2.79. The summed E-state index contributed by atoms with van der Waals surface area (Å²) >= 11 is 0. The highest BCUT2D eigenvalue weighted by Crippen LogP contribution is 2.48. The molecule has 20 heavy (non-hydrogen) atoms. The fraction of sp³-hybridized carbons (Fsp3) is 0.278. The zero-order valence-electron chi connectivity index (χ0n) is 11.9. The Morgan fingerprint density at radius 2 is 1.35 bits per heavy atom. The van der Waals surface area contributed by atoms with E-state index in [1.807, 2.05) is 24.3 Å². The van der Waals surface area contributed by atoms with Crippen molar-refractivity contribution in [1.29, 1.82) is 0 Å². The summed E-state index contributed by atoms with van der Waals surface area (Å²) in [5.74, 6) is 3.90. The first-order valence-electron chi connectivity index (χ1n) is 6.96. The average molecular weight is 267 g/mol. The van der Waals surface area contributed by atoms with Gasteiger partial charge in [0.25, 0.3) is 0 Å². The van der Waals surface area contributed by atoms with Crippen LogP contribution in [0.25, 0.3) is 0 Å². The van der Waals surface area contributed by atoms with Crippen LogP contribution >= 0.6 is 0 Å². The minimum atomic E-state index is 0.550. The summed E-state index contributed by atoms with van der Waals surface area (Å²) in [4.78, 5) is 0. The Morgan fingerprint density at radius 3 is 1.80 bits per heavy atom. The molecule has 103 valence electrons. The van der Waals surface area contributed by atoms with Crippen molar-refractivity contribution in [2.24, 2.45) is 0 Å². The second-order valence-corrected chi connectivity index (χ2v) is 5.12. The fourth-order valence-electron chi connectivity index (χ4n) is 2.79. The third-order valence-electron chi connectivity index (χ3n) is 4.10. The van der Waals surface area contributed by atoms with Crippen LogP contribution in [0.5, 0.6) is 11.5 Å². The van der Waals surface area contributed by atoms with Crippen molar-refractivity contribution in [3.63, 3.8) is 0 Å². The van der Waals surface area contributed by atoms with E-state index in [2.05, 4.69) is 24.3 Å². The highest BCUT2D eigenvalue weighted by atomic mass is 16.5. The summed E-state index contributed by atoms with van der Waals surface area (Å²) < 4.78 is 10.4. The zero-order valence-corrected chi connectivity index (χ0v) is 11.9. The molecule has 2 heteroatoms. The molecule has 0 N–H and O–H groups in total. The molecule has 1 fully saturated rings. The van der Waals surface area contributed by atoms with E-state index < -0.39 is 0 Å². The van der Waals surface area contributed by atoms with Crippen LogP contribution in [0.4, 0.5) is 0 Å². The van der Waals surface area contributed by atoms with Crippen molar-refractivity contribution in [2.75, 3.05) is 14.2 Å². The van der Waals surface area contributed by atoms with Gasteiger partial charge in [-0.2, -0.15) is 0 Å². The van der Waals surface area contributed by atoms with Gasteiger partial charge in [-0.3, -0.25) is 0 Å². The molecule has 3 rings (SSSR count). The van der Waals surface area contributed by atoms with Crippen molar-refractivity contribution in [1.82, 2.24) is 0 Å². The van der Waals surface area contributed by atoms with Crippen molar-refractivity contribution < 1.29 is 9.47 Å². The Hall–Kier alpha value is -1.96. The topological polar surface area (TPSA) is 18.5 Å². The maximum Gasteiger partial charge on any atom is 0.118 e. The number of hydrogen-bond acceptors (Lipinski definition) is 2. The van der Waals surface area contributed by atoms with E-state index in [9.17, 15) is 0 Å². The molecule has 2 aromatic carbocycles. The highest BCUT2D eigenvalue weighted by molar-refractivity contribution is 5.45. The third kappa shape index (κ3) is 2.38. The molecule has 0 heterocycles. The van der Waals surface area contributed by atoms with Gasteiger partial charge in [0.1, 0.15) is 11.5 Å². The lowest BCUT2D eigenvalue weighted by Crippen LogP contribution is -2.22.